The SMILES string of the molecule is CNCC(C)(C)CN(C)CCOCC1CC1. The summed E-state index contributed by atoms with van der Waals surface area (Å²) in [7, 11) is 4.19. The molecule has 0 unspecified atom stereocenters. The van der Waals surface area contributed by atoms with Gasteiger partial charge in [0, 0.05) is 26.2 Å². The third-order valence-corrected chi connectivity index (χ3v) is 3.02. The summed E-state index contributed by atoms with van der Waals surface area (Å²) >= 11 is 0. The minimum atomic E-state index is 0.333. The summed E-state index contributed by atoms with van der Waals surface area (Å²) in [6, 6.07) is 0. The smallest absolute Gasteiger partial charge is 0.0593 e. The van der Waals surface area contributed by atoms with Gasteiger partial charge in [0.15, 0.2) is 0 Å². The molecule has 1 fully saturated rings. The molecule has 0 aromatic carbocycles. The Morgan fingerprint density at radius 1 is 1.38 bits per heavy atom. The van der Waals surface area contributed by atoms with Gasteiger partial charge in [0.1, 0.15) is 0 Å². The fourth-order valence-electron chi connectivity index (χ4n) is 2.10. The van der Waals surface area contributed by atoms with Gasteiger partial charge < -0.3 is 15.0 Å². The minimum Gasteiger partial charge on any atom is -0.380 e. The molecule has 0 amide bonds. The fourth-order valence-corrected chi connectivity index (χ4v) is 2.10. The lowest BCUT2D eigenvalue weighted by molar-refractivity contribution is 0.0920. The highest BCUT2D eigenvalue weighted by molar-refractivity contribution is 4.74. The van der Waals surface area contributed by atoms with Crippen LogP contribution in [0.1, 0.15) is 26.7 Å². The maximum atomic E-state index is 5.65. The lowest BCUT2D eigenvalue weighted by atomic mass is 9.93. The summed E-state index contributed by atoms with van der Waals surface area (Å²) in [5.74, 6) is 0.881. The van der Waals surface area contributed by atoms with Crippen LogP contribution in [-0.2, 0) is 4.74 Å². The molecule has 1 saturated carbocycles. The van der Waals surface area contributed by atoms with Crippen LogP contribution in [0.4, 0.5) is 0 Å². The normalized spacial score (nSPS) is 17.1. The Balaban J connectivity index is 2.01. The van der Waals surface area contributed by atoms with Crippen LogP contribution >= 0.6 is 0 Å². The largest absolute Gasteiger partial charge is 0.380 e. The molecule has 96 valence electrons. The zero-order valence-corrected chi connectivity index (χ0v) is 11.4. The number of nitrogens with zero attached hydrogens (tertiary/aromatic N) is 1. The van der Waals surface area contributed by atoms with Crippen molar-refractivity contribution in [2.24, 2.45) is 11.3 Å². The zero-order valence-electron chi connectivity index (χ0n) is 11.4. The van der Waals surface area contributed by atoms with Crippen molar-refractivity contribution in [3.8, 4) is 0 Å². The molecule has 1 aliphatic carbocycles. The van der Waals surface area contributed by atoms with E-state index < -0.39 is 0 Å². The van der Waals surface area contributed by atoms with E-state index in [4.69, 9.17) is 4.74 Å². The molecule has 0 bridgehead atoms. The monoisotopic (exact) mass is 228 g/mol. The molecular weight excluding hydrogens is 200 g/mol. The third-order valence-electron chi connectivity index (χ3n) is 3.02. The first kappa shape index (κ1) is 13.9. The second-order valence-corrected chi connectivity index (χ2v) is 5.95. The van der Waals surface area contributed by atoms with Crippen molar-refractivity contribution in [2.75, 3.05) is 46.9 Å². The van der Waals surface area contributed by atoms with Crippen LogP contribution in [0.25, 0.3) is 0 Å². The number of hydrogen-bond acceptors (Lipinski definition) is 3. The molecule has 3 heteroatoms. The van der Waals surface area contributed by atoms with E-state index in [0.717, 1.165) is 38.8 Å². The standard InChI is InChI=1S/C13H28N2O/c1-13(2,10-14-3)11-15(4)7-8-16-9-12-5-6-12/h12,14H,5-11H2,1-4H3. The molecule has 0 saturated heterocycles. The van der Waals surface area contributed by atoms with Crippen molar-refractivity contribution in [1.29, 1.82) is 0 Å². The Bertz CT molecular complexity index is 190. The van der Waals surface area contributed by atoms with Crippen molar-refractivity contribution >= 4 is 0 Å². The molecule has 16 heavy (non-hydrogen) atoms. The average Bonchev–Trinajstić information content (AvgIpc) is 2.95. The van der Waals surface area contributed by atoms with Crippen molar-refractivity contribution in [3.05, 3.63) is 0 Å². The second kappa shape index (κ2) is 6.58. The predicted octanol–water partition coefficient (Wildman–Crippen LogP) is 1.59. The van der Waals surface area contributed by atoms with Gasteiger partial charge in [-0.3, -0.25) is 0 Å². The van der Waals surface area contributed by atoms with Crippen LogP contribution in [0.15, 0.2) is 0 Å². The minimum absolute atomic E-state index is 0.333. The Morgan fingerprint density at radius 3 is 2.62 bits per heavy atom. The first-order valence-corrected chi connectivity index (χ1v) is 6.44. The molecule has 0 aromatic rings. The molecule has 0 spiro atoms. The van der Waals surface area contributed by atoms with E-state index in [-0.39, 0.29) is 0 Å². The van der Waals surface area contributed by atoms with E-state index in [1.807, 2.05) is 7.05 Å². The molecule has 1 aliphatic rings. The Hall–Kier alpha value is -0.120. The number of ether oxygens (including phenoxy) is 1. The maximum Gasteiger partial charge on any atom is 0.0593 e. The van der Waals surface area contributed by atoms with E-state index in [0.29, 0.717) is 5.41 Å². The summed E-state index contributed by atoms with van der Waals surface area (Å²) in [5, 5.41) is 3.25. The van der Waals surface area contributed by atoms with E-state index in [2.05, 4.69) is 31.1 Å². The summed E-state index contributed by atoms with van der Waals surface area (Å²) in [5.41, 5.74) is 0.333. The lowest BCUT2D eigenvalue weighted by Gasteiger charge is -2.30. The first-order valence-electron chi connectivity index (χ1n) is 6.44. The molecular formula is C13H28N2O. The van der Waals surface area contributed by atoms with E-state index in [9.17, 15) is 0 Å². The Kier molecular flexibility index (Phi) is 5.73. The van der Waals surface area contributed by atoms with Crippen molar-refractivity contribution in [2.45, 2.75) is 26.7 Å². The molecule has 0 atom stereocenters. The topological polar surface area (TPSA) is 24.5 Å². The van der Waals surface area contributed by atoms with Crippen LogP contribution in [0.5, 0.6) is 0 Å². The molecule has 3 nitrogen and oxygen atoms in total. The highest BCUT2D eigenvalue weighted by Crippen LogP contribution is 2.28. The Labute approximate surface area is 101 Å². The molecule has 0 heterocycles. The number of likely N-dealkylation sites (N-methyl/N-ethyl adjacent to an activating group) is 1. The van der Waals surface area contributed by atoms with Crippen LogP contribution in [-0.4, -0.2) is 51.8 Å². The molecule has 0 radical (unpaired) electrons. The van der Waals surface area contributed by atoms with Crippen LogP contribution in [0, 0.1) is 11.3 Å². The number of nitrogens with one attached hydrogen (secondary N) is 1. The summed E-state index contributed by atoms with van der Waals surface area (Å²) < 4.78 is 5.65. The van der Waals surface area contributed by atoms with E-state index >= 15 is 0 Å². The van der Waals surface area contributed by atoms with Crippen LogP contribution < -0.4 is 5.32 Å². The van der Waals surface area contributed by atoms with Crippen molar-refractivity contribution in [3.63, 3.8) is 0 Å². The highest BCUT2D eigenvalue weighted by Gasteiger charge is 2.21. The molecule has 0 aliphatic heterocycles. The van der Waals surface area contributed by atoms with Crippen molar-refractivity contribution < 1.29 is 4.74 Å². The van der Waals surface area contributed by atoms with Gasteiger partial charge >= 0.3 is 0 Å². The molecule has 0 aromatic heterocycles. The summed E-state index contributed by atoms with van der Waals surface area (Å²) in [6.07, 6.45) is 2.76. The van der Waals surface area contributed by atoms with Crippen LogP contribution in [0.3, 0.4) is 0 Å². The van der Waals surface area contributed by atoms with Crippen molar-refractivity contribution in [1.82, 2.24) is 10.2 Å². The van der Waals surface area contributed by atoms with Gasteiger partial charge in [-0.1, -0.05) is 13.8 Å². The quantitative estimate of drug-likeness (QED) is 0.607. The predicted molar refractivity (Wildman–Crippen MR) is 68.7 cm³/mol. The zero-order chi connectivity index (χ0) is 12.0. The average molecular weight is 228 g/mol. The lowest BCUT2D eigenvalue weighted by Crippen LogP contribution is -2.39. The number of rotatable bonds is 9. The summed E-state index contributed by atoms with van der Waals surface area (Å²) in [4.78, 5) is 2.37. The van der Waals surface area contributed by atoms with Crippen LogP contribution in [0.2, 0.25) is 0 Å². The van der Waals surface area contributed by atoms with E-state index in [1.165, 1.54) is 12.8 Å². The third kappa shape index (κ3) is 6.46. The first-order chi connectivity index (χ1) is 7.53. The maximum absolute atomic E-state index is 5.65. The fraction of sp³-hybridized carbons (Fsp3) is 1.00. The molecule has 1 rings (SSSR count). The van der Waals surface area contributed by atoms with Gasteiger partial charge in [-0.15, -0.1) is 0 Å². The van der Waals surface area contributed by atoms with Gasteiger partial charge in [-0.25, -0.2) is 0 Å². The molecule has 1 N–H and O–H groups in total. The summed E-state index contributed by atoms with van der Waals surface area (Å²) in [6.45, 7) is 9.66. The van der Waals surface area contributed by atoms with E-state index in [1.54, 1.807) is 0 Å². The second-order valence-electron chi connectivity index (χ2n) is 5.95. The van der Waals surface area contributed by atoms with Gasteiger partial charge in [-0.2, -0.15) is 0 Å². The van der Waals surface area contributed by atoms with Gasteiger partial charge in [0.05, 0.1) is 6.61 Å². The highest BCUT2D eigenvalue weighted by atomic mass is 16.5. The van der Waals surface area contributed by atoms with Gasteiger partial charge in [0.2, 0.25) is 0 Å². The Morgan fingerprint density at radius 2 is 2.06 bits per heavy atom. The van der Waals surface area contributed by atoms with Gasteiger partial charge in [-0.05, 0) is 38.3 Å². The van der Waals surface area contributed by atoms with Gasteiger partial charge in [0.25, 0.3) is 0 Å². The number of hydrogen-bond donors (Lipinski definition) is 1.